The fourth-order valence-electron chi connectivity index (χ4n) is 3.86. The van der Waals surface area contributed by atoms with E-state index < -0.39 is 0 Å². The second kappa shape index (κ2) is 5.71. The van der Waals surface area contributed by atoms with Crippen LogP contribution in [0.1, 0.15) is 51.4 Å². The molecule has 0 spiro atoms. The molecule has 1 N–H and O–H groups in total. The van der Waals surface area contributed by atoms with E-state index in [0.29, 0.717) is 0 Å². The summed E-state index contributed by atoms with van der Waals surface area (Å²) in [6.07, 6.45) is 11.9. The van der Waals surface area contributed by atoms with E-state index >= 15 is 0 Å². The van der Waals surface area contributed by atoms with E-state index in [9.17, 15) is 0 Å². The molecule has 1 saturated heterocycles. The first-order valence-electron chi connectivity index (χ1n) is 7.88. The summed E-state index contributed by atoms with van der Waals surface area (Å²) in [5.74, 6) is 2.07. The molecule has 0 radical (unpaired) electrons. The minimum absolute atomic E-state index is 0.945. The van der Waals surface area contributed by atoms with Gasteiger partial charge in [0.05, 0.1) is 0 Å². The highest BCUT2D eigenvalue weighted by Gasteiger charge is 2.32. The van der Waals surface area contributed by atoms with Crippen LogP contribution in [0.25, 0.3) is 0 Å². The molecule has 0 aromatic carbocycles. The summed E-state index contributed by atoms with van der Waals surface area (Å²) in [5, 5.41) is 3.65. The molecule has 98 valence electrons. The topological polar surface area (TPSA) is 15.3 Å². The molecule has 1 heterocycles. The first kappa shape index (κ1) is 12.0. The zero-order valence-electron chi connectivity index (χ0n) is 11.2. The Morgan fingerprint density at radius 2 is 1.76 bits per heavy atom. The third-order valence-corrected chi connectivity index (χ3v) is 5.06. The molecule has 0 amide bonds. The fourth-order valence-corrected chi connectivity index (χ4v) is 3.86. The van der Waals surface area contributed by atoms with E-state index in [1.807, 2.05) is 0 Å². The highest BCUT2D eigenvalue weighted by Crippen LogP contribution is 2.34. The molecule has 0 aromatic heterocycles. The first-order valence-corrected chi connectivity index (χ1v) is 7.88. The highest BCUT2D eigenvalue weighted by atomic mass is 15.2. The van der Waals surface area contributed by atoms with E-state index in [-0.39, 0.29) is 0 Å². The zero-order valence-corrected chi connectivity index (χ0v) is 11.2. The van der Waals surface area contributed by atoms with Gasteiger partial charge in [0.2, 0.25) is 0 Å². The number of hydrogen-bond donors (Lipinski definition) is 1. The molecule has 1 aliphatic heterocycles. The molecule has 3 rings (SSSR count). The van der Waals surface area contributed by atoms with Crippen molar-refractivity contribution in [2.45, 2.75) is 57.4 Å². The van der Waals surface area contributed by atoms with Crippen molar-refractivity contribution >= 4 is 0 Å². The van der Waals surface area contributed by atoms with Gasteiger partial charge in [-0.15, -0.1) is 0 Å². The van der Waals surface area contributed by atoms with Crippen LogP contribution in [-0.2, 0) is 0 Å². The Hall–Kier alpha value is -0.0800. The Balaban J connectivity index is 1.40. The van der Waals surface area contributed by atoms with Crippen molar-refractivity contribution in [2.24, 2.45) is 11.8 Å². The van der Waals surface area contributed by atoms with Gasteiger partial charge in [-0.2, -0.15) is 0 Å². The van der Waals surface area contributed by atoms with Gasteiger partial charge in [-0.1, -0.05) is 12.8 Å². The third-order valence-electron chi connectivity index (χ3n) is 5.06. The van der Waals surface area contributed by atoms with Crippen LogP contribution >= 0.6 is 0 Å². The van der Waals surface area contributed by atoms with Crippen molar-refractivity contribution in [3.8, 4) is 0 Å². The molecule has 0 aromatic rings. The molecule has 2 nitrogen and oxygen atoms in total. The lowest BCUT2D eigenvalue weighted by molar-refractivity contribution is 0.0618. The molecule has 2 atom stereocenters. The lowest BCUT2D eigenvalue weighted by atomic mass is 9.78. The monoisotopic (exact) mass is 236 g/mol. The summed E-state index contributed by atoms with van der Waals surface area (Å²) in [4.78, 5) is 2.80. The molecule has 0 bridgehead atoms. The first-order chi connectivity index (χ1) is 8.43. The normalized spacial score (nSPS) is 34.6. The maximum atomic E-state index is 3.65. The molecule has 2 saturated carbocycles. The van der Waals surface area contributed by atoms with Crippen LogP contribution in [0.15, 0.2) is 0 Å². The molecular formula is C15H28N2. The van der Waals surface area contributed by atoms with Crippen LogP contribution in [0, 0.1) is 11.8 Å². The van der Waals surface area contributed by atoms with Gasteiger partial charge < -0.3 is 5.32 Å². The number of hydrogen-bond acceptors (Lipinski definition) is 2. The van der Waals surface area contributed by atoms with Crippen LogP contribution in [-0.4, -0.2) is 37.1 Å². The SMILES string of the molecule is C1CCC2C(C1)CCCN2CCNCC1CC1. The van der Waals surface area contributed by atoms with Gasteiger partial charge in [-0.25, -0.2) is 0 Å². The van der Waals surface area contributed by atoms with Gasteiger partial charge in [0.15, 0.2) is 0 Å². The summed E-state index contributed by atoms with van der Waals surface area (Å²) in [6.45, 7) is 5.17. The van der Waals surface area contributed by atoms with Crippen LogP contribution in [0.2, 0.25) is 0 Å². The van der Waals surface area contributed by atoms with Crippen molar-refractivity contribution in [2.75, 3.05) is 26.2 Å². The summed E-state index contributed by atoms with van der Waals surface area (Å²) in [7, 11) is 0. The van der Waals surface area contributed by atoms with Gasteiger partial charge in [-0.3, -0.25) is 4.90 Å². The van der Waals surface area contributed by atoms with Crippen LogP contribution in [0.5, 0.6) is 0 Å². The maximum absolute atomic E-state index is 3.65. The predicted octanol–water partition coefficient (Wildman–Crippen LogP) is 2.64. The molecule has 17 heavy (non-hydrogen) atoms. The number of fused-ring (bicyclic) bond motifs is 1. The van der Waals surface area contributed by atoms with E-state index in [0.717, 1.165) is 17.9 Å². The second-order valence-electron chi connectivity index (χ2n) is 6.44. The molecule has 2 heteroatoms. The Kier molecular flexibility index (Phi) is 4.02. The van der Waals surface area contributed by atoms with E-state index in [1.165, 1.54) is 77.5 Å². The molecule has 2 aliphatic carbocycles. The summed E-state index contributed by atoms with van der Waals surface area (Å²) >= 11 is 0. The summed E-state index contributed by atoms with van der Waals surface area (Å²) in [6, 6.07) is 0.945. The molecule has 3 aliphatic rings. The van der Waals surface area contributed by atoms with Crippen molar-refractivity contribution < 1.29 is 0 Å². The Labute approximate surface area is 106 Å². The molecular weight excluding hydrogens is 208 g/mol. The van der Waals surface area contributed by atoms with Crippen LogP contribution in [0.4, 0.5) is 0 Å². The predicted molar refractivity (Wildman–Crippen MR) is 72.1 cm³/mol. The maximum Gasteiger partial charge on any atom is 0.0124 e. The van der Waals surface area contributed by atoms with Gasteiger partial charge in [-0.05, 0) is 63.5 Å². The Bertz CT molecular complexity index is 235. The summed E-state index contributed by atoms with van der Waals surface area (Å²) in [5.41, 5.74) is 0. The van der Waals surface area contributed by atoms with Crippen molar-refractivity contribution in [1.82, 2.24) is 10.2 Å². The Morgan fingerprint density at radius 1 is 0.941 bits per heavy atom. The average molecular weight is 236 g/mol. The Morgan fingerprint density at radius 3 is 2.65 bits per heavy atom. The smallest absolute Gasteiger partial charge is 0.0124 e. The number of piperidine rings is 1. The minimum atomic E-state index is 0.945. The number of nitrogens with zero attached hydrogens (tertiary/aromatic N) is 1. The van der Waals surface area contributed by atoms with E-state index in [1.54, 1.807) is 0 Å². The van der Waals surface area contributed by atoms with Gasteiger partial charge in [0.1, 0.15) is 0 Å². The highest BCUT2D eigenvalue weighted by molar-refractivity contribution is 4.87. The van der Waals surface area contributed by atoms with E-state index in [2.05, 4.69) is 10.2 Å². The number of likely N-dealkylation sites (tertiary alicyclic amines) is 1. The van der Waals surface area contributed by atoms with Crippen molar-refractivity contribution in [3.05, 3.63) is 0 Å². The van der Waals surface area contributed by atoms with Gasteiger partial charge in [0, 0.05) is 19.1 Å². The van der Waals surface area contributed by atoms with Gasteiger partial charge in [0.25, 0.3) is 0 Å². The largest absolute Gasteiger partial charge is 0.315 e. The number of rotatable bonds is 5. The van der Waals surface area contributed by atoms with Crippen molar-refractivity contribution in [1.29, 1.82) is 0 Å². The fraction of sp³-hybridized carbons (Fsp3) is 1.00. The number of nitrogens with one attached hydrogen (secondary N) is 1. The lowest BCUT2D eigenvalue weighted by Gasteiger charge is -2.44. The van der Waals surface area contributed by atoms with Crippen LogP contribution in [0.3, 0.4) is 0 Å². The molecule has 2 unspecified atom stereocenters. The average Bonchev–Trinajstić information content (AvgIpc) is 3.19. The molecule has 3 fully saturated rings. The van der Waals surface area contributed by atoms with Crippen molar-refractivity contribution in [3.63, 3.8) is 0 Å². The lowest BCUT2D eigenvalue weighted by Crippen LogP contribution is -2.48. The standard InChI is InChI=1S/C15H28N2/c1-2-6-15-14(4-1)5-3-10-17(15)11-9-16-12-13-7-8-13/h13-16H,1-12H2. The van der Waals surface area contributed by atoms with Gasteiger partial charge >= 0.3 is 0 Å². The van der Waals surface area contributed by atoms with E-state index in [4.69, 9.17) is 0 Å². The quantitative estimate of drug-likeness (QED) is 0.738. The second-order valence-corrected chi connectivity index (χ2v) is 6.44. The zero-order chi connectivity index (χ0) is 11.5. The summed E-state index contributed by atoms with van der Waals surface area (Å²) < 4.78 is 0. The van der Waals surface area contributed by atoms with Crippen LogP contribution < -0.4 is 5.32 Å². The minimum Gasteiger partial charge on any atom is -0.315 e. The third kappa shape index (κ3) is 3.23.